The van der Waals surface area contributed by atoms with Crippen molar-refractivity contribution >= 4 is 34.1 Å². The monoisotopic (exact) mass is 336 g/mol. The summed E-state index contributed by atoms with van der Waals surface area (Å²) in [5.74, 6) is 2.74. The molecule has 15 heavy (non-hydrogen) atoms. The summed E-state index contributed by atoms with van der Waals surface area (Å²) < 4.78 is 5.52. The van der Waals surface area contributed by atoms with Crippen LogP contribution < -0.4 is 0 Å². The molecule has 0 amide bonds. The molecule has 1 aliphatic rings. The Morgan fingerprint density at radius 2 is 2.07 bits per heavy atom. The van der Waals surface area contributed by atoms with Crippen molar-refractivity contribution in [3.05, 3.63) is 8.84 Å². The van der Waals surface area contributed by atoms with Crippen LogP contribution in [0.1, 0.15) is 57.2 Å². The van der Waals surface area contributed by atoms with Crippen LogP contribution in [0.3, 0.4) is 0 Å². The van der Waals surface area contributed by atoms with Crippen molar-refractivity contribution in [1.29, 1.82) is 0 Å². The van der Waals surface area contributed by atoms with Gasteiger partial charge in [0.15, 0.2) is 3.01 Å². The van der Waals surface area contributed by atoms with E-state index in [1.54, 1.807) is 0 Å². The highest BCUT2D eigenvalue weighted by molar-refractivity contribution is 14.1. The Bertz CT molecular complexity index is 305. The lowest BCUT2D eigenvalue weighted by Crippen LogP contribution is -2.14. The average molecular weight is 336 g/mol. The van der Waals surface area contributed by atoms with Crippen LogP contribution in [0.5, 0.6) is 0 Å². The van der Waals surface area contributed by atoms with E-state index in [4.69, 9.17) is 0 Å². The largest absolute Gasteiger partial charge is 0.213 e. The zero-order valence-electron chi connectivity index (χ0n) is 9.08. The van der Waals surface area contributed by atoms with Crippen LogP contribution in [0.15, 0.2) is 0 Å². The van der Waals surface area contributed by atoms with Gasteiger partial charge in [0.2, 0.25) is 0 Å². The van der Waals surface area contributed by atoms with E-state index in [0.717, 1.165) is 14.8 Å². The zero-order valence-corrected chi connectivity index (χ0v) is 12.1. The van der Waals surface area contributed by atoms with Crippen molar-refractivity contribution in [2.75, 3.05) is 0 Å². The number of hydrogen-bond acceptors (Lipinski definition) is 3. The van der Waals surface area contributed by atoms with E-state index in [0.29, 0.717) is 5.92 Å². The summed E-state index contributed by atoms with van der Waals surface area (Å²) in [7, 11) is 0. The maximum atomic E-state index is 4.50. The molecule has 1 heterocycles. The molecule has 4 heteroatoms. The molecule has 0 saturated heterocycles. The number of aromatic nitrogens is 2. The second kappa shape index (κ2) is 5.57. The highest BCUT2D eigenvalue weighted by Crippen LogP contribution is 2.36. The van der Waals surface area contributed by atoms with Gasteiger partial charge in [0.05, 0.1) is 0 Å². The second-order valence-corrected chi connectivity index (χ2v) is 6.92. The van der Waals surface area contributed by atoms with Gasteiger partial charge in [-0.2, -0.15) is 4.37 Å². The Morgan fingerprint density at radius 3 is 2.60 bits per heavy atom. The molecular weight excluding hydrogens is 319 g/mol. The lowest BCUT2D eigenvalue weighted by molar-refractivity contribution is 0.303. The van der Waals surface area contributed by atoms with Crippen LogP contribution in [-0.2, 0) is 0 Å². The molecule has 1 saturated carbocycles. The smallest absolute Gasteiger partial charge is 0.173 e. The number of nitrogens with zero attached hydrogens (tertiary/aromatic N) is 2. The first-order chi connectivity index (χ1) is 7.29. The number of rotatable bonds is 3. The van der Waals surface area contributed by atoms with Gasteiger partial charge in [-0.15, -0.1) is 0 Å². The Labute approximate surface area is 109 Å². The summed E-state index contributed by atoms with van der Waals surface area (Å²) in [5, 5.41) is 0. The predicted octanol–water partition coefficient (Wildman–Crippen LogP) is 4.22. The van der Waals surface area contributed by atoms with E-state index < -0.39 is 0 Å². The third-order valence-electron chi connectivity index (χ3n) is 3.33. The zero-order chi connectivity index (χ0) is 10.7. The molecule has 1 aromatic heterocycles. The van der Waals surface area contributed by atoms with E-state index in [2.05, 4.69) is 38.9 Å². The van der Waals surface area contributed by atoms with Gasteiger partial charge in [0.25, 0.3) is 0 Å². The van der Waals surface area contributed by atoms with Crippen LogP contribution in [0.25, 0.3) is 0 Å². The molecule has 0 bridgehead atoms. The highest BCUT2D eigenvalue weighted by Gasteiger charge is 2.24. The van der Waals surface area contributed by atoms with E-state index in [1.807, 2.05) is 0 Å². The molecule has 1 aliphatic carbocycles. The van der Waals surface area contributed by atoms with Crippen LogP contribution in [0, 0.1) is 8.93 Å². The summed E-state index contributed by atoms with van der Waals surface area (Å²) in [5.41, 5.74) is 0. The van der Waals surface area contributed by atoms with E-state index in [1.165, 1.54) is 50.1 Å². The van der Waals surface area contributed by atoms with Gasteiger partial charge in [-0.25, -0.2) is 4.98 Å². The highest BCUT2D eigenvalue weighted by atomic mass is 127. The molecular formula is C11H17IN2S. The maximum absolute atomic E-state index is 4.50. The minimum atomic E-state index is 0.651. The minimum Gasteiger partial charge on any atom is -0.213 e. The standard InChI is InChI=1S/C11H17IN2S/c1-2-3-8-4-6-9(7-5-8)10-13-11(12)15-14-10/h8-9H,2-7H2,1H3. The van der Waals surface area contributed by atoms with Crippen molar-refractivity contribution in [3.8, 4) is 0 Å². The minimum absolute atomic E-state index is 0.651. The number of halogens is 1. The molecule has 0 atom stereocenters. The first kappa shape index (κ1) is 11.8. The van der Waals surface area contributed by atoms with Crippen LogP contribution >= 0.6 is 34.1 Å². The van der Waals surface area contributed by atoms with Crippen molar-refractivity contribution in [2.24, 2.45) is 5.92 Å². The van der Waals surface area contributed by atoms with Gasteiger partial charge in [-0.3, -0.25) is 0 Å². The van der Waals surface area contributed by atoms with Gasteiger partial charge < -0.3 is 0 Å². The first-order valence-electron chi connectivity index (χ1n) is 5.78. The third-order valence-corrected chi connectivity index (χ3v) is 4.68. The van der Waals surface area contributed by atoms with Crippen LogP contribution in [-0.4, -0.2) is 9.36 Å². The Balaban J connectivity index is 1.88. The lowest BCUT2D eigenvalue weighted by atomic mass is 9.80. The lowest BCUT2D eigenvalue weighted by Gasteiger charge is -2.26. The summed E-state index contributed by atoms with van der Waals surface area (Å²) >= 11 is 3.79. The summed E-state index contributed by atoms with van der Waals surface area (Å²) in [6, 6.07) is 0. The topological polar surface area (TPSA) is 25.8 Å². The van der Waals surface area contributed by atoms with Gasteiger partial charge in [0, 0.05) is 5.92 Å². The SMILES string of the molecule is CCCC1CCC(c2nsc(I)n2)CC1. The van der Waals surface area contributed by atoms with Crippen molar-refractivity contribution in [3.63, 3.8) is 0 Å². The van der Waals surface area contributed by atoms with Gasteiger partial charge in [-0.05, 0) is 65.7 Å². The predicted molar refractivity (Wildman–Crippen MR) is 72.2 cm³/mol. The fraction of sp³-hybridized carbons (Fsp3) is 0.818. The molecule has 1 aromatic rings. The summed E-state index contributed by atoms with van der Waals surface area (Å²) in [6.07, 6.45) is 8.12. The molecule has 2 nitrogen and oxygen atoms in total. The first-order valence-corrected chi connectivity index (χ1v) is 7.64. The summed E-state index contributed by atoms with van der Waals surface area (Å²) in [6.45, 7) is 2.29. The van der Waals surface area contributed by atoms with Crippen LogP contribution in [0.2, 0.25) is 0 Å². The maximum Gasteiger partial charge on any atom is 0.173 e. The van der Waals surface area contributed by atoms with Gasteiger partial charge in [0.1, 0.15) is 5.82 Å². The molecule has 1 fully saturated rings. The van der Waals surface area contributed by atoms with Crippen molar-refractivity contribution in [1.82, 2.24) is 9.36 Å². The molecule has 0 N–H and O–H groups in total. The molecule has 0 unspecified atom stereocenters. The van der Waals surface area contributed by atoms with E-state index in [9.17, 15) is 0 Å². The van der Waals surface area contributed by atoms with Gasteiger partial charge >= 0.3 is 0 Å². The number of hydrogen-bond donors (Lipinski definition) is 0. The van der Waals surface area contributed by atoms with E-state index >= 15 is 0 Å². The van der Waals surface area contributed by atoms with Gasteiger partial charge in [-0.1, -0.05) is 19.8 Å². The quantitative estimate of drug-likeness (QED) is 0.773. The second-order valence-electron chi connectivity index (χ2n) is 4.41. The summed E-state index contributed by atoms with van der Waals surface area (Å²) in [4.78, 5) is 4.50. The Hall–Kier alpha value is 0.290. The van der Waals surface area contributed by atoms with Crippen LogP contribution in [0.4, 0.5) is 0 Å². The molecule has 84 valence electrons. The molecule has 2 rings (SSSR count). The molecule has 0 aliphatic heterocycles. The Morgan fingerprint density at radius 1 is 1.33 bits per heavy atom. The fourth-order valence-electron chi connectivity index (χ4n) is 2.50. The van der Waals surface area contributed by atoms with Crippen molar-refractivity contribution in [2.45, 2.75) is 51.4 Å². The third kappa shape index (κ3) is 3.12. The fourth-order valence-corrected chi connectivity index (χ4v) is 3.53. The molecule has 0 spiro atoms. The molecule has 0 aromatic carbocycles. The van der Waals surface area contributed by atoms with E-state index in [-0.39, 0.29) is 0 Å². The normalized spacial score (nSPS) is 26.8. The average Bonchev–Trinajstić information content (AvgIpc) is 2.67. The Kier molecular flexibility index (Phi) is 4.37. The molecule has 0 radical (unpaired) electrons. The van der Waals surface area contributed by atoms with Crippen molar-refractivity contribution < 1.29 is 0 Å².